The molecule has 0 radical (unpaired) electrons. The first-order valence-corrected chi connectivity index (χ1v) is 15.8. The van der Waals surface area contributed by atoms with Crippen LogP contribution >= 0.6 is 0 Å². The number of aliphatic hydroxyl groups excluding tert-OH is 1. The van der Waals surface area contributed by atoms with Crippen molar-refractivity contribution < 1.29 is 33.8 Å². The number of rotatable bonds is 6. The average molecular weight is 602 g/mol. The molecule has 0 aromatic rings. The molecule has 3 amide bonds. The Balaban J connectivity index is 1.87. The summed E-state index contributed by atoms with van der Waals surface area (Å²) in [4.78, 5) is 59.0. The summed E-state index contributed by atoms with van der Waals surface area (Å²) >= 11 is 0. The predicted molar refractivity (Wildman–Crippen MR) is 161 cm³/mol. The highest BCUT2D eigenvalue weighted by Crippen LogP contribution is 2.56. The summed E-state index contributed by atoms with van der Waals surface area (Å²) in [5.74, 6) is -3.44. The summed E-state index contributed by atoms with van der Waals surface area (Å²) in [5, 5.41) is 13.4. The third kappa shape index (κ3) is 6.27. The molecule has 4 heterocycles. The van der Waals surface area contributed by atoms with Crippen molar-refractivity contribution >= 4 is 23.7 Å². The molecule has 1 spiro atoms. The van der Waals surface area contributed by atoms with Gasteiger partial charge in [0.25, 0.3) is 0 Å². The van der Waals surface area contributed by atoms with E-state index >= 15 is 4.79 Å². The van der Waals surface area contributed by atoms with Crippen LogP contribution < -0.4 is 5.32 Å². The smallest absolute Gasteiger partial charge is 0.313 e. The SMILES string of the molecule is CC[C@H](C)[C@H](CO)N1C(=O)[C@H]2[C@@H]3C(=O)O[C@H](C)CNC(=O)CC/C=C\CN(C(C)(C)CC(C)(C)C)C(=O)[C@H]1[C@@]21C=C[C@@H]3O1. The highest BCUT2D eigenvalue weighted by atomic mass is 16.6. The van der Waals surface area contributed by atoms with E-state index < -0.39 is 53.2 Å². The number of amides is 3. The molecule has 0 aromatic heterocycles. The topological polar surface area (TPSA) is 125 Å². The van der Waals surface area contributed by atoms with Gasteiger partial charge in [-0.2, -0.15) is 0 Å². The molecular formula is C33H51N3O7. The van der Waals surface area contributed by atoms with Crippen LogP contribution in [-0.2, 0) is 28.7 Å². The van der Waals surface area contributed by atoms with E-state index in [0.717, 1.165) is 0 Å². The van der Waals surface area contributed by atoms with Gasteiger partial charge in [-0.25, -0.2) is 0 Å². The minimum Gasteiger partial charge on any atom is -0.460 e. The van der Waals surface area contributed by atoms with Gasteiger partial charge in [-0.05, 0) is 44.9 Å². The third-order valence-corrected chi connectivity index (χ3v) is 9.52. The first-order valence-electron chi connectivity index (χ1n) is 15.8. The molecule has 8 atom stereocenters. The van der Waals surface area contributed by atoms with Crippen molar-refractivity contribution in [2.24, 2.45) is 23.2 Å². The fraction of sp³-hybridized carbons (Fsp3) is 0.758. The lowest BCUT2D eigenvalue weighted by atomic mass is 9.74. The van der Waals surface area contributed by atoms with Crippen molar-refractivity contribution in [2.75, 3.05) is 19.7 Å². The number of carbonyl (C=O) groups excluding carboxylic acids is 4. The number of esters is 1. The second kappa shape index (κ2) is 12.3. The molecule has 4 aliphatic heterocycles. The quantitative estimate of drug-likeness (QED) is 0.354. The largest absolute Gasteiger partial charge is 0.460 e. The summed E-state index contributed by atoms with van der Waals surface area (Å²) < 4.78 is 12.3. The Kier molecular flexibility index (Phi) is 9.53. The highest BCUT2D eigenvalue weighted by molar-refractivity contribution is 5.99. The van der Waals surface area contributed by atoms with E-state index in [1.807, 2.05) is 39.8 Å². The van der Waals surface area contributed by atoms with Crippen molar-refractivity contribution in [3.05, 3.63) is 24.3 Å². The maximum absolute atomic E-state index is 15.0. The van der Waals surface area contributed by atoms with Crippen LogP contribution in [0.15, 0.2) is 24.3 Å². The van der Waals surface area contributed by atoms with Gasteiger partial charge >= 0.3 is 5.97 Å². The number of fused-ring (bicyclic) bond motifs is 2. The molecule has 10 nitrogen and oxygen atoms in total. The van der Waals surface area contributed by atoms with Gasteiger partial charge in [0, 0.05) is 18.5 Å². The van der Waals surface area contributed by atoms with Gasteiger partial charge in [0.1, 0.15) is 23.7 Å². The summed E-state index contributed by atoms with van der Waals surface area (Å²) in [6, 6.07) is -1.71. The Labute approximate surface area is 256 Å². The number of aliphatic hydroxyl groups is 1. The molecule has 0 unspecified atom stereocenters. The van der Waals surface area contributed by atoms with Crippen molar-refractivity contribution in [1.29, 1.82) is 0 Å². The van der Waals surface area contributed by atoms with Crippen LogP contribution in [0.4, 0.5) is 0 Å². The number of ether oxygens (including phenoxy) is 2. The highest BCUT2D eigenvalue weighted by Gasteiger charge is 2.74. The number of allylic oxidation sites excluding steroid dienone is 1. The number of nitrogens with zero attached hydrogens (tertiary/aromatic N) is 2. The average Bonchev–Trinajstić information content (AvgIpc) is 3.55. The molecule has 4 rings (SSSR count). The predicted octanol–water partition coefficient (Wildman–Crippen LogP) is 2.99. The third-order valence-electron chi connectivity index (χ3n) is 9.52. The van der Waals surface area contributed by atoms with E-state index in [0.29, 0.717) is 19.3 Å². The van der Waals surface area contributed by atoms with E-state index in [2.05, 4.69) is 26.1 Å². The number of carbonyl (C=O) groups is 4. The molecular weight excluding hydrogens is 550 g/mol. The van der Waals surface area contributed by atoms with E-state index in [1.165, 1.54) is 4.90 Å². The first kappa shape index (κ1) is 33.2. The lowest BCUT2D eigenvalue weighted by Crippen LogP contribution is -2.63. The van der Waals surface area contributed by atoms with Gasteiger partial charge < -0.3 is 29.7 Å². The molecule has 2 saturated heterocycles. The summed E-state index contributed by atoms with van der Waals surface area (Å²) in [5.41, 5.74) is -2.10. The van der Waals surface area contributed by atoms with Crippen LogP contribution in [0.2, 0.25) is 0 Å². The molecule has 10 heteroatoms. The fourth-order valence-corrected chi connectivity index (χ4v) is 7.68. The Bertz CT molecular complexity index is 1160. The normalized spacial score (nSPS) is 34.2. The molecule has 240 valence electrons. The summed E-state index contributed by atoms with van der Waals surface area (Å²) in [6.45, 7) is 16.2. The van der Waals surface area contributed by atoms with Gasteiger partial charge in [-0.3, -0.25) is 19.2 Å². The zero-order valence-electron chi connectivity index (χ0n) is 27.1. The van der Waals surface area contributed by atoms with Crippen LogP contribution in [0, 0.1) is 23.2 Å². The van der Waals surface area contributed by atoms with Gasteiger partial charge in [0.05, 0.1) is 31.2 Å². The van der Waals surface area contributed by atoms with E-state index in [1.54, 1.807) is 24.0 Å². The summed E-state index contributed by atoms with van der Waals surface area (Å²) in [6.07, 6.45) is 8.14. The number of hydrogen-bond donors (Lipinski definition) is 2. The molecule has 4 aliphatic rings. The molecule has 43 heavy (non-hydrogen) atoms. The molecule has 2 fully saturated rings. The number of nitrogens with one attached hydrogen (secondary N) is 1. The second-order valence-electron chi connectivity index (χ2n) is 14.6. The van der Waals surface area contributed by atoms with Gasteiger partial charge in [-0.1, -0.05) is 65.3 Å². The zero-order chi connectivity index (χ0) is 31.9. The minimum absolute atomic E-state index is 0.108. The van der Waals surface area contributed by atoms with Crippen LogP contribution in [-0.4, -0.2) is 93.7 Å². The zero-order valence-corrected chi connectivity index (χ0v) is 27.1. The van der Waals surface area contributed by atoms with Crippen LogP contribution in [0.5, 0.6) is 0 Å². The lowest BCUT2D eigenvalue weighted by Gasteiger charge is -2.46. The van der Waals surface area contributed by atoms with E-state index in [9.17, 15) is 19.5 Å². The monoisotopic (exact) mass is 601 g/mol. The van der Waals surface area contributed by atoms with E-state index in [4.69, 9.17) is 9.47 Å². The summed E-state index contributed by atoms with van der Waals surface area (Å²) in [7, 11) is 0. The first-order chi connectivity index (χ1) is 20.1. The van der Waals surface area contributed by atoms with Crippen molar-refractivity contribution in [3.63, 3.8) is 0 Å². The molecule has 5 bridgehead atoms. The Hall–Kier alpha value is -2.72. The second-order valence-corrected chi connectivity index (χ2v) is 14.6. The van der Waals surface area contributed by atoms with Gasteiger partial charge in [0.2, 0.25) is 17.7 Å². The minimum atomic E-state index is -1.37. The Morgan fingerprint density at radius 1 is 1.12 bits per heavy atom. The Morgan fingerprint density at radius 3 is 2.44 bits per heavy atom. The molecule has 0 saturated carbocycles. The van der Waals surface area contributed by atoms with Gasteiger partial charge in [0.15, 0.2) is 0 Å². The molecule has 0 aliphatic carbocycles. The maximum atomic E-state index is 15.0. The molecule has 2 N–H and O–H groups in total. The van der Waals surface area contributed by atoms with Crippen molar-refractivity contribution in [2.45, 2.75) is 117 Å². The van der Waals surface area contributed by atoms with Crippen LogP contribution in [0.25, 0.3) is 0 Å². The van der Waals surface area contributed by atoms with Crippen molar-refractivity contribution in [1.82, 2.24) is 15.1 Å². The number of likely N-dealkylation sites (tertiary alicyclic amines) is 1. The van der Waals surface area contributed by atoms with Crippen LogP contribution in [0.3, 0.4) is 0 Å². The van der Waals surface area contributed by atoms with Gasteiger partial charge in [-0.15, -0.1) is 0 Å². The van der Waals surface area contributed by atoms with Crippen LogP contribution in [0.1, 0.15) is 81.1 Å². The number of cyclic esters (lactones) is 1. The standard InChI is InChI=1S/C33H51N3O7/c1-9-20(2)22(18-37)36-27-29(40)35(32(7,8)19-31(4,5)6)16-12-10-11-13-24(38)34-17-21(3)42-30(41)25-23-14-15-33(27,43-23)26(25)28(36)39/h10,12,14-15,20-23,25-27,37H,9,11,13,16-19H2,1-8H3,(H,34,38)/b12-10-/t20-,21+,22-,23-,25+,26+,27-,33+/m0/s1. The lowest BCUT2D eigenvalue weighted by molar-refractivity contribution is -0.160. The van der Waals surface area contributed by atoms with Crippen molar-refractivity contribution in [3.8, 4) is 0 Å². The van der Waals surface area contributed by atoms with E-state index in [-0.39, 0.29) is 55.2 Å². The number of hydrogen-bond acceptors (Lipinski definition) is 7. The Morgan fingerprint density at radius 2 is 1.81 bits per heavy atom. The maximum Gasteiger partial charge on any atom is 0.313 e. The molecule has 0 aromatic carbocycles. The fourth-order valence-electron chi connectivity index (χ4n) is 7.68.